The van der Waals surface area contributed by atoms with Crippen molar-refractivity contribution >= 4 is 55.7 Å². The van der Waals surface area contributed by atoms with E-state index in [2.05, 4.69) is 9.97 Å². The fourth-order valence-electron chi connectivity index (χ4n) is 2.55. The number of benzene rings is 2. The number of anilines is 2. The number of carbonyl (C=O) groups excluding carboxylic acids is 1. The summed E-state index contributed by atoms with van der Waals surface area (Å²) in [4.78, 5) is 23.6. The smallest absolute Gasteiger partial charge is 0.257 e. The molecule has 0 aliphatic rings. The summed E-state index contributed by atoms with van der Waals surface area (Å²) < 4.78 is 1.05. The van der Waals surface area contributed by atoms with Gasteiger partial charge in [-0.3, -0.25) is 9.69 Å². The number of aryl methyl sites for hydroxylation is 1. The van der Waals surface area contributed by atoms with Gasteiger partial charge in [-0.1, -0.05) is 41.7 Å². The molecule has 26 heavy (non-hydrogen) atoms. The van der Waals surface area contributed by atoms with Gasteiger partial charge in [0.2, 0.25) is 0 Å². The number of para-hydroxylation sites is 2. The maximum Gasteiger partial charge on any atom is 0.257 e. The summed E-state index contributed by atoms with van der Waals surface area (Å²) >= 11 is 3.06. The fourth-order valence-corrected chi connectivity index (χ4v) is 4.13. The first-order valence-corrected chi connectivity index (χ1v) is 9.75. The van der Waals surface area contributed by atoms with Crippen molar-refractivity contribution in [2.24, 2.45) is 0 Å². The van der Waals surface area contributed by atoms with E-state index >= 15 is 0 Å². The molecule has 128 valence electrons. The van der Waals surface area contributed by atoms with Gasteiger partial charge in [0.15, 0.2) is 5.13 Å². The molecule has 4 nitrogen and oxygen atoms in total. The normalized spacial score (nSPS) is 11.3. The number of rotatable bonds is 4. The van der Waals surface area contributed by atoms with Crippen LogP contribution in [0, 0.1) is 6.92 Å². The van der Waals surface area contributed by atoms with Crippen LogP contribution in [0.25, 0.3) is 16.3 Å². The Kier molecular flexibility index (Phi) is 4.60. The van der Waals surface area contributed by atoms with Crippen LogP contribution in [0.4, 0.5) is 10.8 Å². The van der Waals surface area contributed by atoms with Crippen molar-refractivity contribution in [2.45, 2.75) is 6.92 Å². The molecule has 0 bridgehead atoms. The number of nitrogens with zero attached hydrogens (tertiary/aromatic N) is 3. The predicted molar refractivity (Wildman–Crippen MR) is 109 cm³/mol. The molecule has 1 amide bonds. The molecular formula is C20H15N3OS2. The van der Waals surface area contributed by atoms with Gasteiger partial charge in [-0.05, 0) is 37.3 Å². The highest BCUT2D eigenvalue weighted by Crippen LogP contribution is 2.33. The molecule has 0 spiro atoms. The zero-order valence-electron chi connectivity index (χ0n) is 14.0. The van der Waals surface area contributed by atoms with Crippen LogP contribution < -0.4 is 4.90 Å². The number of carbonyl (C=O) groups is 1. The molecule has 0 fully saturated rings. The SMILES string of the molecule is Cc1nc(C=CC(=O)N(c2ccccc2)c2nc3ccccc3s2)cs1. The largest absolute Gasteiger partial charge is 0.269 e. The Morgan fingerprint density at radius 3 is 2.54 bits per heavy atom. The zero-order chi connectivity index (χ0) is 17.9. The van der Waals surface area contributed by atoms with Crippen LogP contribution in [0.2, 0.25) is 0 Å². The lowest BCUT2D eigenvalue weighted by molar-refractivity contribution is -0.113. The van der Waals surface area contributed by atoms with Gasteiger partial charge in [0.1, 0.15) is 0 Å². The highest BCUT2D eigenvalue weighted by atomic mass is 32.1. The van der Waals surface area contributed by atoms with E-state index in [1.807, 2.05) is 66.9 Å². The van der Waals surface area contributed by atoms with Crippen LogP contribution >= 0.6 is 22.7 Å². The minimum absolute atomic E-state index is 0.152. The van der Waals surface area contributed by atoms with Crippen molar-refractivity contribution in [3.05, 3.63) is 76.8 Å². The lowest BCUT2D eigenvalue weighted by atomic mass is 10.3. The number of hydrogen-bond donors (Lipinski definition) is 0. The van der Waals surface area contributed by atoms with Crippen molar-refractivity contribution in [2.75, 3.05) is 4.90 Å². The fraction of sp³-hybridized carbons (Fsp3) is 0.0500. The summed E-state index contributed by atoms with van der Waals surface area (Å²) in [5.74, 6) is -0.152. The van der Waals surface area contributed by atoms with E-state index in [0.29, 0.717) is 5.13 Å². The van der Waals surface area contributed by atoms with E-state index in [1.54, 1.807) is 28.4 Å². The summed E-state index contributed by atoms with van der Waals surface area (Å²) in [6.45, 7) is 1.95. The second-order valence-electron chi connectivity index (χ2n) is 5.60. The maximum absolute atomic E-state index is 13.0. The molecule has 0 unspecified atom stereocenters. The molecule has 6 heteroatoms. The van der Waals surface area contributed by atoms with Gasteiger partial charge in [0, 0.05) is 11.5 Å². The Bertz CT molecular complexity index is 1050. The molecule has 2 aromatic heterocycles. The monoisotopic (exact) mass is 377 g/mol. The van der Waals surface area contributed by atoms with Gasteiger partial charge in [0.05, 0.1) is 26.6 Å². The van der Waals surface area contributed by atoms with Crippen LogP contribution in [0.5, 0.6) is 0 Å². The predicted octanol–water partition coefficient (Wildman–Crippen LogP) is 5.44. The third-order valence-electron chi connectivity index (χ3n) is 3.74. The Morgan fingerprint density at radius 2 is 1.81 bits per heavy atom. The molecule has 0 radical (unpaired) electrons. The lowest BCUT2D eigenvalue weighted by Crippen LogP contribution is -2.23. The highest BCUT2D eigenvalue weighted by Gasteiger charge is 2.19. The van der Waals surface area contributed by atoms with Crippen molar-refractivity contribution < 1.29 is 4.79 Å². The number of thiazole rings is 2. The molecule has 0 saturated carbocycles. The molecule has 0 N–H and O–H groups in total. The first-order chi connectivity index (χ1) is 12.7. The van der Waals surface area contributed by atoms with Gasteiger partial charge in [-0.25, -0.2) is 9.97 Å². The van der Waals surface area contributed by atoms with E-state index in [0.717, 1.165) is 26.6 Å². The summed E-state index contributed by atoms with van der Waals surface area (Å²) in [5, 5.41) is 3.56. The molecule has 0 atom stereocenters. The highest BCUT2D eigenvalue weighted by molar-refractivity contribution is 7.22. The summed E-state index contributed by atoms with van der Waals surface area (Å²) in [6.07, 6.45) is 3.29. The molecule has 0 aliphatic heterocycles. The maximum atomic E-state index is 13.0. The van der Waals surface area contributed by atoms with Crippen LogP contribution in [0.15, 0.2) is 66.1 Å². The molecule has 2 aromatic carbocycles. The lowest BCUT2D eigenvalue weighted by Gasteiger charge is -2.18. The van der Waals surface area contributed by atoms with Crippen molar-refractivity contribution in [1.82, 2.24) is 9.97 Å². The third-order valence-corrected chi connectivity index (χ3v) is 5.56. The minimum Gasteiger partial charge on any atom is -0.269 e. The summed E-state index contributed by atoms with van der Waals surface area (Å²) in [5.41, 5.74) is 2.47. The second-order valence-corrected chi connectivity index (χ2v) is 7.67. The number of hydrogen-bond acceptors (Lipinski definition) is 5. The van der Waals surface area contributed by atoms with E-state index in [-0.39, 0.29) is 5.91 Å². The average Bonchev–Trinajstić information content (AvgIpc) is 3.27. The Balaban J connectivity index is 1.73. The molecule has 0 aliphatic carbocycles. The van der Waals surface area contributed by atoms with E-state index in [1.165, 1.54) is 11.3 Å². The molecule has 4 rings (SSSR count). The quantitative estimate of drug-likeness (QED) is 0.445. The van der Waals surface area contributed by atoms with Crippen LogP contribution in [-0.4, -0.2) is 15.9 Å². The zero-order valence-corrected chi connectivity index (χ0v) is 15.6. The van der Waals surface area contributed by atoms with Crippen LogP contribution in [0.3, 0.4) is 0 Å². The number of amides is 1. The Morgan fingerprint density at radius 1 is 1.04 bits per heavy atom. The van der Waals surface area contributed by atoms with Gasteiger partial charge < -0.3 is 0 Å². The van der Waals surface area contributed by atoms with Crippen molar-refractivity contribution in [3.8, 4) is 0 Å². The molecular weight excluding hydrogens is 362 g/mol. The van der Waals surface area contributed by atoms with Crippen LogP contribution in [-0.2, 0) is 4.79 Å². The van der Waals surface area contributed by atoms with E-state index in [4.69, 9.17) is 0 Å². The second kappa shape index (κ2) is 7.19. The van der Waals surface area contributed by atoms with Crippen molar-refractivity contribution in [1.29, 1.82) is 0 Å². The van der Waals surface area contributed by atoms with Crippen molar-refractivity contribution in [3.63, 3.8) is 0 Å². The van der Waals surface area contributed by atoms with Gasteiger partial charge >= 0.3 is 0 Å². The topological polar surface area (TPSA) is 46.1 Å². The Hall–Kier alpha value is -2.83. The van der Waals surface area contributed by atoms with Crippen LogP contribution in [0.1, 0.15) is 10.7 Å². The molecule has 0 saturated heterocycles. The summed E-state index contributed by atoms with van der Waals surface area (Å²) in [6, 6.07) is 17.5. The average molecular weight is 377 g/mol. The minimum atomic E-state index is -0.152. The van der Waals surface area contributed by atoms with Gasteiger partial charge in [-0.15, -0.1) is 11.3 Å². The number of aromatic nitrogens is 2. The molecule has 2 heterocycles. The van der Waals surface area contributed by atoms with E-state index < -0.39 is 0 Å². The standard InChI is InChI=1S/C20H15N3OS2/c1-14-21-15(13-25-14)11-12-19(24)23(16-7-3-2-4-8-16)20-22-17-9-5-6-10-18(17)26-20/h2-13H,1H3. The molecule has 4 aromatic rings. The van der Waals surface area contributed by atoms with E-state index in [9.17, 15) is 4.79 Å². The first-order valence-electron chi connectivity index (χ1n) is 8.05. The van der Waals surface area contributed by atoms with Gasteiger partial charge in [0.25, 0.3) is 5.91 Å². The number of fused-ring (bicyclic) bond motifs is 1. The third kappa shape index (κ3) is 3.42. The Labute approximate surface area is 159 Å². The van der Waals surface area contributed by atoms with Gasteiger partial charge in [-0.2, -0.15) is 0 Å². The summed E-state index contributed by atoms with van der Waals surface area (Å²) in [7, 11) is 0. The first kappa shape index (κ1) is 16.6.